The third-order valence-electron chi connectivity index (χ3n) is 5.40. The number of nitrogens with one attached hydrogen (secondary N) is 1. The van der Waals surface area contributed by atoms with Crippen LogP contribution in [0.1, 0.15) is 75.3 Å². The number of rotatable bonds is 11. The van der Waals surface area contributed by atoms with Gasteiger partial charge in [-0.15, -0.1) is 10.2 Å². The van der Waals surface area contributed by atoms with E-state index in [1.807, 2.05) is 23.6 Å². The first-order valence-corrected chi connectivity index (χ1v) is 12.9. The van der Waals surface area contributed by atoms with Crippen LogP contribution in [0.3, 0.4) is 0 Å². The summed E-state index contributed by atoms with van der Waals surface area (Å²) in [5, 5.41) is 12.3. The maximum Gasteiger partial charge on any atom is 0.234 e. The summed E-state index contributed by atoms with van der Waals surface area (Å²) < 4.78 is 8.20. The van der Waals surface area contributed by atoms with Crippen molar-refractivity contribution in [3.8, 4) is 5.75 Å². The summed E-state index contributed by atoms with van der Waals surface area (Å²) in [6.45, 7) is 12.8. The monoisotopic (exact) mass is 494 g/mol. The van der Waals surface area contributed by atoms with Gasteiger partial charge in [-0.25, -0.2) is 0 Å². The van der Waals surface area contributed by atoms with E-state index >= 15 is 0 Å². The number of carbonyl (C=O) groups is 2. The molecular formula is C27H34N4O3S. The van der Waals surface area contributed by atoms with Crippen LogP contribution in [-0.4, -0.2) is 32.2 Å². The first kappa shape index (κ1) is 26.5. The number of thioether (sulfide) groups is 1. The molecule has 3 aromatic rings. The lowest BCUT2D eigenvalue weighted by molar-refractivity contribution is -0.113. The summed E-state index contributed by atoms with van der Waals surface area (Å²) in [6, 6.07) is 15.0. The van der Waals surface area contributed by atoms with Crippen molar-refractivity contribution in [2.45, 2.75) is 65.3 Å². The fraction of sp³-hybridized carbons (Fsp3) is 0.407. The molecule has 1 atom stereocenters. The zero-order valence-electron chi connectivity index (χ0n) is 21.2. The Balaban J connectivity index is 1.68. The van der Waals surface area contributed by atoms with Crippen LogP contribution < -0.4 is 10.1 Å². The van der Waals surface area contributed by atoms with Gasteiger partial charge in [-0.3, -0.25) is 9.59 Å². The van der Waals surface area contributed by atoms with Crippen molar-refractivity contribution in [1.29, 1.82) is 0 Å². The average Bonchev–Trinajstić information content (AvgIpc) is 3.20. The first-order valence-electron chi connectivity index (χ1n) is 11.9. The van der Waals surface area contributed by atoms with Gasteiger partial charge in [0.2, 0.25) is 5.91 Å². The highest BCUT2D eigenvalue weighted by molar-refractivity contribution is 7.99. The predicted molar refractivity (Wildman–Crippen MR) is 140 cm³/mol. The molecule has 8 heteroatoms. The summed E-state index contributed by atoms with van der Waals surface area (Å²) in [6.07, 6.45) is -0.302. The second kappa shape index (κ2) is 12.0. The number of hydrogen-bond acceptors (Lipinski definition) is 6. The van der Waals surface area contributed by atoms with Gasteiger partial charge in [-0.05, 0) is 55.5 Å². The molecule has 0 spiro atoms. The summed E-state index contributed by atoms with van der Waals surface area (Å²) in [4.78, 5) is 24.1. The number of aromatic nitrogens is 3. The van der Waals surface area contributed by atoms with Crippen molar-refractivity contribution in [1.82, 2.24) is 14.8 Å². The van der Waals surface area contributed by atoms with Crippen LogP contribution in [0.4, 0.5) is 5.69 Å². The lowest BCUT2D eigenvalue weighted by atomic mass is 10.0. The van der Waals surface area contributed by atoms with E-state index in [-0.39, 0.29) is 23.5 Å². The number of ketones is 1. The maximum absolute atomic E-state index is 12.6. The van der Waals surface area contributed by atoms with Crippen LogP contribution in [-0.2, 0) is 11.3 Å². The number of nitrogens with zero attached hydrogens (tertiary/aromatic N) is 3. The van der Waals surface area contributed by atoms with Crippen molar-refractivity contribution < 1.29 is 14.3 Å². The van der Waals surface area contributed by atoms with Crippen molar-refractivity contribution >= 4 is 29.1 Å². The van der Waals surface area contributed by atoms with Gasteiger partial charge >= 0.3 is 0 Å². The van der Waals surface area contributed by atoms with Gasteiger partial charge in [-0.1, -0.05) is 63.7 Å². The normalized spacial score (nSPS) is 12.1. The van der Waals surface area contributed by atoms with Crippen LogP contribution in [0.15, 0.2) is 53.7 Å². The molecule has 1 amide bonds. The second-order valence-corrected chi connectivity index (χ2v) is 10.2. The van der Waals surface area contributed by atoms with E-state index in [9.17, 15) is 9.59 Å². The lowest BCUT2D eigenvalue weighted by Crippen LogP contribution is -2.17. The Morgan fingerprint density at radius 3 is 2.37 bits per heavy atom. The smallest absolute Gasteiger partial charge is 0.234 e. The molecule has 7 nitrogen and oxygen atoms in total. The molecular weight excluding hydrogens is 460 g/mol. The number of amides is 1. The van der Waals surface area contributed by atoms with Crippen LogP contribution in [0.2, 0.25) is 0 Å². The highest BCUT2D eigenvalue weighted by atomic mass is 32.2. The maximum atomic E-state index is 12.6. The summed E-state index contributed by atoms with van der Waals surface area (Å²) in [5.74, 6) is 2.29. The van der Waals surface area contributed by atoms with Gasteiger partial charge in [-0.2, -0.15) is 0 Å². The Morgan fingerprint density at radius 2 is 1.74 bits per heavy atom. The van der Waals surface area contributed by atoms with E-state index in [2.05, 4.69) is 55.3 Å². The Bertz CT molecular complexity index is 1160. The van der Waals surface area contributed by atoms with Gasteiger partial charge in [0.05, 0.1) is 5.75 Å². The van der Waals surface area contributed by atoms with Crippen LogP contribution >= 0.6 is 11.8 Å². The number of benzene rings is 2. The second-order valence-electron chi connectivity index (χ2n) is 9.30. The molecule has 0 aliphatic rings. The third-order valence-corrected chi connectivity index (χ3v) is 6.37. The highest BCUT2D eigenvalue weighted by Gasteiger charge is 2.21. The lowest BCUT2D eigenvalue weighted by Gasteiger charge is -2.18. The molecule has 1 unspecified atom stereocenters. The molecule has 0 bridgehead atoms. The zero-order valence-corrected chi connectivity index (χ0v) is 22.1. The van der Waals surface area contributed by atoms with E-state index in [1.54, 1.807) is 24.3 Å². The van der Waals surface area contributed by atoms with Crippen molar-refractivity contribution in [2.75, 3.05) is 11.1 Å². The van der Waals surface area contributed by atoms with E-state index in [0.29, 0.717) is 34.8 Å². The Kier molecular flexibility index (Phi) is 9.09. The minimum Gasteiger partial charge on any atom is -0.483 e. The summed E-state index contributed by atoms with van der Waals surface area (Å²) in [7, 11) is 0. The molecule has 0 radical (unpaired) electrons. The van der Waals surface area contributed by atoms with E-state index in [1.165, 1.54) is 24.2 Å². The number of ether oxygens (including phenoxy) is 1. The highest BCUT2D eigenvalue weighted by Crippen LogP contribution is 2.27. The first-order chi connectivity index (χ1) is 16.6. The van der Waals surface area contributed by atoms with Gasteiger partial charge in [0, 0.05) is 17.8 Å². The Morgan fingerprint density at radius 1 is 1.03 bits per heavy atom. The molecule has 0 aliphatic heterocycles. The van der Waals surface area contributed by atoms with Crippen LogP contribution in [0, 0.1) is 5.92 Å². The number of Topliss-reactive ketones (excluding diaryl/α,β-unsaturated/α-hetero) is 1. The van der Waals surface area contributed by atoms with Gasteiger partial charge < -0.3 is 14.6 Å². The largest absolute Gasteiger partial charge is 0.483 e. The molecule has 186 valence electrons. The fourth-order valence-corrected chi connectivity index (χ4v) is 4.33. The molecule has 2 aromatic carbocycles. The van der Waals surface area contributed by atoms with Crippen LogP contribution in [0.5, 0.6) is 5.75 Å². The summed E-state index contributed by atoms with van der Waals surface area (Å²) in [5.41, 5.74) is 2.42. The topological polar surface area (TPSA) is 86.1 Å². The average molecular weight is 495 g/mol. The Labute approximate surface area is 211 Å². The van der Waals surface area contributed by atoms with E-state index in [4.69, 9.17) is 4.74 Å². The SMILES string of the molecule is CC(=O)c1cccc(NC(=O)CSc2nnc(C(C)Oc3ccc(C(C)C)cc3)n2CC(C)C)c1. The molecule has 0 fully saturated rings. The minimum absolute atomic E-state index is 0.0444. The molecule has 1 aromatic heterocycles. The van der Waals surface area contributed by atoms with Gasteiger partial charge in [0.1, 0.15) is 5.75 Å². The predicted octanol–water partition coefficient (Wildman–Crippen LogP) is 6.13. The molecule has 0 saturated carbocycles. The van der Waals surface area contributed by atoms with Crippen molar-refractivity contribution in [3.05, 3.63) is 65.5 Å². The minimum atomic E-state index is -0.302. The molecule has 3 rings (SSSR count). The number of carbonyl (C=O) groups excluding carboxylic acids is 2. The molecule has 0 aliphatic carbocycles. The standard InChI is InChI=1S/C27H34N4O3S/c1-17(2)15-31-26(20(6)34-24-12-10-21(11-13-24)18(3)4)29-30-27(31)35-16-25(33)28-23-9-7-8-22(14-23)19(5)32/h7-14,17-18,20H,15-16H2,1-6H3,(H,28,33). The van der Waals surface area contributed by atoms with Crippen LogP contribution in [0.25, 0.3) is 0 Å². The van der Waals surface area contributed by atoms with Crippen molar-refractivity contribution in [2.24, 2.45) is 5.92 Å². The molecule has 1 heterocycles. The van der Waals surface area contributed by atoms with E-state index in [0.717, 1.165) is 11.6 Å². The fourth-order valence-electron chi connectivity index (χ4n) is 3.58. The van der Waals surface area contributed by atoms with Gasteiger partial charge in [0.15, 0.2) is 22.9 Å². The quantitative estimate of drug-likeness (QED) is 0.255. The van der Waals surface area contributed by atoms with E-state index < -0.39 is 0 Å². The third kappa shape index (κ3) is 7.42. The van der Waals surface area contributed by atoms with Gasteiger partial charge in [0.25, 0.3) is 0 Å². The zero-order chi connectivity index (χ0) is 25.5. The number of anilines is 1. The molecule has 1 N–H and O–H groups in total. The molecule has 0 saturated heterocycles. The Hall–Kier alpha value is -3.13. The number of hydrogen-bond donors (Lipinski definition) is 1. The molecule has 35 heavy (non-hydrogen) atoms. The van der Waals surface area contributed by atoms with Crippen molar-refractivity contribution in [3.63, 3.8) is 0 Å². The summed E-state index contributed by atoms with van der Waals surface area (Å²) >= 11 is 1.33.